The Labute approximate surface area is 143 Å². The summed E-state index contributed by atoms with van der Waals surface area (Å²) in [6.07, 6.45) is 2.67. The van der Waals surface area contributed by atoms with Crippen molar-refractivity contribution in [2.24, 2.45) is 5.92 Å². The number of carbonyl (C=O) groups is 2. The van der Waals surface area contributed by atoms with Gasteiger partial charge in [0, 0.05) is 6.54 Å². The van der Waals surface area contributed by atoms with Crippen LogP contribution < -0.4 is 0 Å². The number of benzene rings is 1. The van der Waals surface area contributed by atoms with E-state index in [0.717, 1.165) is 25.7 Å². The Kier molecular flexibility index (Phi) is 5.86. The van der Waals surface area contributed by atoms with E-state index >= 15 is 0 Å². The van der Waals surface area contributed by atoms with Crippen molar-refractivity contribution in [3.63, 3.8) is 0 Å². The monoisotopic (exact) mass is 333 g/mol. The molecule has 0 spiro atoms. The molecule has 24 heavy (non-hydrogen) atoms. The number of piperidine rings is 1. The zero-order chi connectivity index (χ0) is 17.7. The first kappa shape index (κ1) is 18.3. The molecular formula is C19H27NO4. The second kappa shape index (κ2) is 7.69. The van der Waals surface area contributed by atoms with E-state index in [1.807, 2.05) is 30.3 Å². The molecule has 132 valence electrons. The Bertz CT molecular complexity index is 564. The number of hydrogen-bond acceptors (Lipinski definition) is 3. The van der Waals surface area contributed by atoms with Crippen LogP contribution in [0.5, 0.6) is 0 Å². The molecule has 0 unspecified atom stereocenters. The number of rotatable bonds is 4. The molecule has 2 rings (SSSR count). The Morgan fingerprint density at radius 2 is 1.92 bits per heavy atom. The number of carboxylic acids is 1. The lowest BCUT2D eigenvalue weighted by molar-refractivity contribution is -0.147. The zero-order valence-corrected chi connectivity index (χ0v) is 14.7. The third kappa shape index (κ3) is 4.98. The minimum absolute atomic E-state index is 0.0519. The van der Waals surface area contributed by atoms with Crippen molar-refractivity contribution in [2.75, 3.05) is 6.54 Å². The Hall–Kier alpha value is -2.04. The average molecular weight is 333 g/mol. The number of hydrogen-bond donors (Lipinski definition) is 1. The number of carbonyl (C=O) groups excluding carboxylic acids is 1. The molecule has 1 heterocycles. The number of amides is 1. The number of likely N-dealkylation sites (tertiary alicyclic amines) is 1. The predicted molar refractivity (Wildman–Crippen MR) is 91.9 cm³/mol. The lowest BCUT2D eigenvalue weighted by Gasteiger charge is -2.39. The van der Waals surface area contributed by atoms with Crippen LogP contribution in [0.25, 0.3) is 0 Å². The van der Waals surface area contributed by atoms with Gasteiger partial charge in [-0.1, -0.05) is 30.3 Å². The largest absolute Gasteiger partial charge is 0.480 e. The molecule has 1 N–H and O–H groups in total. The smallest absolute Gasteiger partial charge is 0.411 e. The highest BCUT2D eigenvalue weighted by atomic mass is 16.6. The summed E-state index contributed by atoms with van der Waals surface area (Å²) in [4.78, 5) is 25.6. The first-order valence-corrected chi connectivity index (χ1v) is 8.54. The Morgan fingerprint density at radius 3 is 2.50 bits per heavy atom. The molecule has 5 heteroatoms. The molecule has 0 aliphatic carbocycles. The van der Waals surface area contributed by atoms with Crippen molar-refractivity contribution in [1.82, 2.24) is 4.90 Å². The lowest BCUT2D eigenvalue weighted by Crippen LogP contribution is -2.53. The second-order valence-corrected chi connectivity index (χ2v) is 7.38. The van der Waals surface area contributed by atoms with Gasteiger partial charge in [-0.15, -0.1) is 0 Å². The van der Waals surface area contributed by atoms with Gasteiger partial charge in [0.1, 0.15) is 11.6 Å². The van der Waals surface area contributed by atoms with E-state index in [1.165, 1.54) is 10.5 Å². The molecule has 2 atom stereocenters. The summed E-state index contributed by atoms with van der Waals surface area (Å²) in [6, 6.07) is 9.22. The maximum atomic E-state index is 12.4. The molecule has 1 amide bonds. The minimum Gasteiger partial charge on any atom is -0.480 e. The highest BCUT2D eigenvalue weighted by Crippen LogP contribution is 2.29. The van der Waals surface area contributed by atoms with Gasteiger partial charge in [-0.2, -0.15) is 0 Å². The fourth-order valence-electron chi connectivity index (χ4n) is 3.23. The first-order valence-electron chi connectivity index (χ1n) is 8.54. The van der Waals surface area contributed by atoms with Crippen molar-refractivity contribution in [2.45, 2.75) is 58.1 Å². The van der Waals surface area contributed by atoms with Gasteiger partial charge in [0.15, 0.2) is 0 Å². The average Bonchev–Trinajstić information content (AvgIpc) is 2.51. The van der Waals surface area contributed by atoms with Crippen LogP contribution in [0.4, 0.5) is 4.79 Å². The molecule has 5 nitrogen and oxygen atoms in total. The quantitative estimate of drug-likeness (QED) is 0.912. The number of nitrogens with zero attached hydrogens (tertiary/aromatic N) is 1. The topological polar surface area (TPSA) is 66.8 Å². The molecule has 1 fully saturated rings. The van der Waals surface area contributed by atoms with E-state index in [2.05, 4.69) is 0 Å². The van der Waals surface area contributed by atoms with Crippen LogP contribution in [0.3, 0.4) is 0 Å². The van der Waals surface area contributed by atoms with Gasteiger partial charge in [-0.05, 0) is 57.9 Å². The lowest BCUT2D eigenvalue weighted by atomic mass is 9.84. The van der Waals surface area contributed by atoms with Crippen molar-refractivity contribution in [1.29, 1.82) is 0 Å². The van der Waals surface area contributed by atoms with E-state index in [0.29, 0.717) is 6.54 Å². The van der Waals surface area contributed by atoms with Gasteiger partial charge in [0.25, 0.3) is 0 Å². The third-order valence-corrected chi connectivity index (χ3v) is 4.28. The molecule has 1 aliphatic heterocycles. The van der Waals surface area contributed by atoms with Crippen molar-refractivity contribution >= 4 is 12.1 Å². The normalized spacial score (nSPS) is 21.4. The van der Waals surface area contributed by atoms with E-state index in [4.69, 9.17) is 4.74 Å². The maximum absolute atomic E-state index is 12.4. The van der Waals surface area contributed by atoms with Crippen molar-refractivity contribution < 1.29 is 19.4 Å². The predicted octanol–water partition coefficient (Wildman–Crippen LogP) is 3.72. The molecule has 1 aromatic carbocycles. The fourth-order valence-corrected chi connectivity index (χ4v) is 3.23. The Balaban J connectivity index is 2.07. The minimum atomic E-state index is -0.946. The highest BCUT2D eigenvalue weighted by molar-refractivity contribution is 5.80. The SMILES string of the molecule is CC(C)(C)OC(=O)N1CCC[C@@H](CCc2ccccc2)[C@@H]1C(=O)O. The molecule has 0 radical (unpaired) electrons. The number of aryl methyl sites for hydroxylation is 1. The van der Waals surface area contributed by atoms with Gasteiger partial charge < -0.3 is 9.84 Å². The van der Waals surface area contributed by atoms with Crippen molar-refractivity contribution in [3.8, 4) is 0 Å². The van der Waals surface area contributed by atoms with Crippen LogP contribution in [0.1, 0.15) is 45.6 Å². The molecule has 0 aromatic heterocycles. The van der Waals surface area contributed by atoms with Crippen molar-refractivity contribution in [3.05, 3.63) is 35.9 Å². The van der Waals surface area contributed by atoms with Gasteiger partial charge >= 0.3 is 12.1 Å². The number of ether oxygens (including phenoxy) is 1. The molecular weight excluding hydrogens is 306 g/mol. The van der Waals surface area contributed by atoms with Crippen LogP contribution in [0, 0.1) is 5.92 Å². The molecule has 1 aliphatic rings. The molecule has 0 bridgehead atoms. The molecule has 0 saturated carbocycles. The van der Waals surface area contributed by atoms with Crippen LogP contribution in [-0.4, -0.2) is 40.3 Å². The van der Waals surface area contributed by atoms with E-state index in [9.17, 15) is 14.7 Å². The van der Waals surface area contributed by atoms with E-state index in [1.54, 1.807) is 20.8 Å². The van der Waals surface area contributed by atoms with Crippen LogP contribution in [0.15, 0.2) is 30.3 Å². The first-order chi connectivity index (χ1) is 11.3. The van der Waals surface area contributed by atoms with Gasteiger partial charge in [-0.3, -0.25) is 4.90 Å². The number of aliphatic carboxylic acids is 1. The van der Waals surface area contributed by atoms with Crippen LogP contribution >= 0.6 is 0 Å². The zero-order valence-electron chi connectivity index (χ0n) is 14.7. The Morgan fingerprint density at radius 1 is 1.25 bits per heavy atom. The maximum Gasteiger partial charge on any atom is 0.411 e. The van der Waals surface area contributed by atoms with Gasteiger partial charge in [-0.25, -0.2) is 9.59 Å². The fraction of sp³-hybridized carbons (Fsp3) is 0.579. The standard InChI is InChI=1S/C19H27NO4/c1-19(2,3)24-18(23)20-13-7-10-15(16(20)17(21)22)12-11-14-8-5-4-6-9-14/h4-6,8-9,15-16H,7,10-13H2,1-3H3,(H,21,22)/t15-,16+/m0/s1. The summed E-state index contributed by atoms with van der Waals surface area (Å²) >= 11 is 0. The second-order valence-electron chi connectivity index (χ2n) is 7.38. The number of carboxylic acid groups (broad SMARTS) is 1. The summed E-state index contributed by atoms with van der Waals surface area (Å²) in [5, 5.41) is 9.67. The summed E-state index contributed by atoms with van der Waals surface area (Å²) in [7, 11) is 0. The summed E-state index contributed by atoms with van der Waals surface area (Å²) in [5.41, 5.74) is 0.563. The van der Waals surface area contributed by atoms with Crippen LogP contribution in [0.2, 0.25) is 0 Å². The molecule has 1 saturated heterocycles. The third-order valence-electron chi connectivity index (χ3n) is 4.28. The summed E-state index contributed by atoms with van der Waals surface area (Å²) < 4.78 is 5.39. The van der Waals surface area contributed by atoms with E-state index in [-0.39, 0.29) is 5.92 Å². The summed E-state index contributed by atoms with van der Waals surface area (Å²) in [6.45, 7) is 5.81. The van der Waals surface area contributed by atoms with E-state index < -0.39 is 23.7 Å². The summed E-state index contributed by atoms with van der Waals surface area (Å²) in [5.74, 6) is -0.998. The van der Waals surface area contributed by atoms with Gasteiger partial charge in [0.2, 0.25) is 0 Å². The van der Waals surface area contributed by atoms with Gasteiger partial charge in [0.05, 0.1) is 0 Å². The van der Waals surface area contributed by atoms with Crippen LogP contribution in [-0.2, 0) is 16.0 Å². The molecule has 1 aromatic rings. The highest BCUT2D eigenvalue weighted by Gasteiger charge is 2.40.